The van der Waals surface area contributed by atoms with Gasteiger partial charge in [-0.1, -0.05) is 4.98 Å². The molecule has 1 N–H and O–H groups in total. The minimum Gasteiger partial charge on any atom is -0.390 e. The second kappa shape index (κ2) is 7.26. The lowest BCUT2D eigenvalue weighted by Crippen LogP contribution is -2.26. The van der Waals surface area contributed by atoms with E-state index in [0.29, 0.717) is 19.6 Å². The third kappa shape index (κ3) is 4.09. The van der Waals surface area contributed by atoms with Crippen LogP contribution >= 0.6 is 0 Å². The Morgan fingerprint density at radius 1 is 1.45 bits per heavy atom. The minimum absolute atomic E-state index is 0.123. The predicted molar refractivity (Wildman–Crippen MR) is 73.1 cm³/mol. The van der Waals surface area contributed by atoms with Gasteiger partial charge < -0.3 is 20.2 Å². The first-order valence-electron chi connectivity index (χ1n) is 6.44. The molecule has 0 bridgehead atoms. The number of carbonyl (C=O) groups is 1. The molecule has 0 aliphatic carbocycles. The zero-order valence-electron chi connectivity index (χ0n) is 11.9. The molecule has 2 aromatic heterocycles. The molecule has 0 saturated heterocycles. The van der Waals surface area contributed by atoms with Crippen molar-refractivity contribution in [2.45, 2.75) is 13.1 Å². The van der Waals surface area contributed by atoms with Crippen LogP contribution in [0.15, 0.2) is 18.6 Å². The average molecular weight is 309 g/mol. The molecule has 0 radical (unpaired) electrons. The maximum Gasteiger partial charge on any atom is 0.491 e. The van der Waals surface area contributed by atoms with Gasteiger partial charge in [-0.15, -0.1) is 0 Å². The van der Waals surface area contributed by atoms with E-state index in [4.69, 9.17) is 4.74 Å². The molecule has 2 heterocycles. The zero-order valence-corrected chi connectivity index (χ0v) is 11.9. The quantitative estimate of drug-likeness (QED) is 0.401. The SMILES string of the molecule is COCCCNC(=O)c1ccn(Cn2cnc([N+](=O)[O-])n2)n1. The Labute approximate surface area is 125 Å². The maximum absolute atomic E-state index is 11.8. The van der Waals surface area contributed by atoms with Crippen molar-refractivity contribution in [3.05, 3.63) is 34.4 Å². The van der Waals surface area contributed by atoms with Gasteiger partial charge >= 0.3 is 5.95 Å². The molecule has 0 aromatic carbocycles. The summed E-state index contributed by atoms with van der Waals surface area (Å²) in [6, 6.07) is 1.55. The van der Waals surface area contributed by atoms with Gasteiger partial charge in [0.15, 0.2) is 6.67 Å². The third-order valence-electron chi connectivity index (χ3n) is 2.66. The molecule has 0 aliphatic rings. The topological polar surface area (TPSA) is 130 Å². The Morgan fingerprint density at radius 3 is 2.95 bits per heavy atom. The highest BCUT2D eigenvalue weighted by Crippen LogP contribution is 2.01. The number of aromatic nitrogens is 5. The Hall–Kier alpha value is -2.82. The van der Waals surface area contributed by atoms with E-state index < -0.39 is 10.9 Å². The van der Waals surface area contributed by atoms with Crippen molar-refractivity contribution in [2.75, 3.05) is 20.3 Å². The number of ether oxygens (including phenoxy) is 1. The summed E-state index contributed by atoms with van der Waals surface area (Å²) in [6.07, 6.45) is 3.52. The molecule has 11 nitrogen and oxygen atoms in total. The van der Waals surface area contributed by atoms with Crippen molar-refractivity contribution in [3.8, 4) is 0 Å². The van der Waals surface area contributed by atoms with Gasteiger partial charge in [0.1, 0.15) is 5.69 Å². The molecule has 0 spiro atoms. The van der Waals surface area contributed by atoms with Gasteiger partial charge in [0.05, 0.1) is 0 Å². The smallest absolute Gasteiger partial charge is 0.390 e. The van der Waals surface area contributed by atoms with Crippen LogP contribution < -0.4 is 5.32 Å². The summed E-state index contributed by atoms with van der Waals surface area (Å²) in [5.74, 6) is -0.775. The van der Waals surface area contributed by atoms with Crippen LogP contribution in [-0.2, 0) is 11.4 Å². The monoisotopic (exact) mass is 309 g/mol. The Kier molecular flexibility index (Phi) is 5.14. The van der Waals surface area contributed by atoms with Gasteiger partial charge in [-0.25, -0.2) is 4.68 Å². The lowest BCUT2D eigenvalue weighted by molar-refractivity contribution is -0.394. The van der Waals surface area contributed by atoms with Crippen LogP contribution in [0.4, 0.5) is 5.95 Å². The molecule has 0 saturated carbocycles. The summed E-state index contributed by atoms with van der Waals surface area (Å²) < 4.78 is 7.57. The second-order valence-corrected chi connectivity index (χ2v) is 4.33. The largest absolute Gasteiger partial charge is 0.491 e. The number of amides is 1. The lowest BCUT2D eigenvalue weighted by atomic mass is 10.4. The third-order valence-corrected chi connectivity index (χ3v) is 2.66. The number of methoxy groups -OCH3 is 1. The fourth-order valence-corrected chi connectivity index (χ4v) is 1.66. The number of nitrogens with zero attached hydrogens (tertiary/aromatic N) is 6. The maximum atomic E-state index is 11.8. The molecule has 118 valence electrons. The first kappa shape index (κ1) is 15.6. The first-order chi connectivity index (χ1) is 10.6. The van der Waals surface area contributed by atoms with Crippen LogP contribution in [0, 0.1) is 10.1 Å². The van der Waals surface area contributed by atoms with E-state index in [2.05, 4.69) is 20.5 Å². The molecule has 22 heavy (non-hydrogen) atoms. The molecule has 0 aliphatic heterocycles. The molecule has 0 unspecified atom stereocenters. The highest BCUT2D eigenvalue weighted by atomic mass is 16.6. The van der Waals surface area contributed by atoms with Crippen molar-refractivity contribution in [1.82, 2.24) is 29.9 Å². The molecule has 0 atom stereocenters. The zero-order chi connectivity index (χ0) is 15.9. The molecule has 2 aromatic rings. The van der Waals surface area contributed by atoms with Crippen molar-refractivity contribution < 1.29 is 14.5 Å². The predicted octanol–water partition coefficient (Wildman–Crippen LogP) is -0.345. The van der Waals surface area contributed by atoms with Crippen LogP contribution in [-0.4, -0.2) is 55.6 Å². The van der Waals surface area contributed by atoms with Gasteiger partial charge in [0.25, 0.3) is 5.91 Å². The van der Waals surface area contributed by atoms with E-state index in [1.807, 2.05) is 0 Å². The van der Waals surface area contributed by atoms with Crippen LogP contribution in [0.1, 0.15) is 16.9 Å². The molecule has 2 rings (SSSR count). The standard InChI is InChI=1S/C11H15N7O4/c1-22-6-2-4-12-10(19)9-3-5-16(14-9)8-17-7-13-11(15-17)18(20)21/h3,5,7H,2,4,6,8H2,1H3,(H,12,19). The fourth-order valence-electron chi connectivity index (χ4n) is 1.66. The number of hydrogen-bond acceptors (Lipinski definition) is 7. The van der Waals surface area contributed by atoms with Gasteiger partial charge in [-0.05, 0) is 17.4 Å². The summed E-state index contributed by atoms with van der Waals surface area (Å²) in [5, 5.41) is 20.9. The number of nitro groups is 1. The summed E-state index contributed by atoms with van der Waals surface area (Å²) >= 11 is 0. The number of hydrogen-bond donors (Lipinski definition) is 1. The summed E-state index contributed by atoms with van der Waals surface area (Å²) in [7, 11) is 1.60. The summed E-state index contributed by atoms with van der Waals surface area (Å²) in [4.78, 5) is 25.2. The van der Waals surface area contributed by atoms with Crippen LogP contribution in [0.2, 0.25) is 0 Å². The van der Waals surface area contributed by atoms with Crippen LogP contribution in [0.3, 0.4) is 0 Å². The van der Waals surface area contributed by atoms with E-state index in [-0.39, 0.29) is 18.3 Å². The van der Waals surface area contributed by atoms with E-state index in [0.717, 1.165) is 0 Å². The van der Waals surface area contributed by atoms with Crippen molar-refractivity contribution >= 4 is 11.9 Å². The summed E-state index contributed by atoms with van der Waals surface area (Å²) in [5.41, 5.74) is 0.257. The van der Waals surface area contributed by atoms with Gasteiger partial charge in [-0.2, -0.15) is 9.78 Å². The number of carbonyl (C=O) groups excluding carboxylic acids is 1. The molecular weight excluding hydrogens is 294 g/mol. The van der Waals surface area contributed by atoms with Crippen molar-refractivity contribution in [2.24, 2.45) is 0 Å². The highest BCUT2D eigenvalue weighted by molar-refractivity contribution is 5.92. The Morgan fingerprint density at radius 2 is 2.27 bits per heavy atom. The highest BCUT2D eigenvalue weighted by Gasteiger charge is 2.14. The van der Waals surface area contributed by atoms with Crippen LogP contribution in [0.25, 0.3) is 0 Å². The Bertz CT molecular complexity index is 650. The molecule has 11 heteroatoms. The second-order valence-electron chi connectivity index (χ2n) is 4.33. The van der Waals surface area contributed by atoms with E-state index in [1.54, 1.807) is 19.4 Å². The molecule has 0 fully saturated rings. The minimum atomic E-state index is -0.682. The summed E-state index contributed by atoms with van der Waals surface area (Å²) in [6.45, 7) is 1.19. The van der Waals surface area contributed by atoms with Crippen molar-refractivity contribution in [1.29, 1.82) is 0 Å². The van der Waals surface area contributed by atoms with E-state index in [9.17, 15) is 14.9 Å². The Balaban J connectivity index is 1.90. The van der Waals surface area contributed by atoms with Gasteiger partial charge in [-0.3, -0.25) is 4.79 Å². The van der Waals surface area contributed by atoms with Crippen LogP contribution in [0.5, 0.6) is 0 Å². The molecular formula is C11H15N7O4. The number of rotatable bonds is 8. The lowest BCUT2D eigenvalue weighted by Gasteiger charge is -2.02. The number of nitrogens with one attached hydrogen (secondary N) is 1. The molecule has 1 amide bonds. The van der Waals surface area contributed by atoms with Crippen molar-refractivity contribution in [3.63, 3.8) is 0 Å². The normalized spacial score (nSPS) is 10.6. The fraction of sp³-hybridized carbons (Fsp3) is 0.455. The van der Waals surface area contributed by atoms with E-state index in [1.165, 1.54) is 15.7 Å². The van der Waals surface area contributed by atoms with Gasteiger partial charge in [0, 0.05) is 31.6 Å². The van der Waals surface area contributed by atoms with Gasteiger partial charge in [0.2, 0.25) is 6.33 Å². The first-order valence-corrected chi connectivity index (χ1v) is 6.44. The average Bonchev–Trinajstić information content (AvgIpc) is 3.13. The van der Waals surface area contributed by atoms with E-state index >= 15 is 0 Å².